The second kappa shape index (κ2) is 18.7. The van der Waals surface area contributed by atoms with Gasteiger partial charge in [0.25, 0.3) is 0 Å². The highest BCUT2D eigenvalue weighted by Crippen LogP contribution is 2.38. The van der Waals surface area contributed by atoms with Crippen LogP contribution in [0, 0.1) is 5.92 Å². The zero-order valence-corrected chi connectivity index (χ0v) is 29.4. The van der Waals surface area contributed by atoms with Crippen LogP contribution in [0.25, 0.3) is 22.6 Å². The number of hydrogen-bond donors (Lipinski definition) is 2. The van der Waals surface area contributed by atoms with Crippen LogP contribution in [0.3, 0.4) is 0 Å². The maximum Gasteiger partial charge on any atom is 0.408 e. The van der Waals surface area contributed by atoms with E-state index in [0.717, 1.165) is 29.5 Å². The molecule has 10 nitrogen and oxygen atoms in total. The lowest BCUT2D eigenvalue weighted by Crippen LogP contribution is -2.50. The molecule has 266 valence electrons. The van der Waals surface area contributed by atoms with Gasteiger partial charge in [-0.05, 0) is 31.7 Å². The van der Waals surface area contributed by atoms with Crippen molar-refractivity contribution in [2.45, 2.75) is 97.2 Å². The van der Waals surface area contributed by atoms with E-state index in [0.29, 0.717) is 23.8 Å². The summed E-state index contributed by atoms with van der Waals surface area (Å²) >= 11 is 0. The lowest BCUT2D eigenvalue weighted by atomic mass is 9.92. The molecule has 3 aromatic carbocycles. The van der Waals surface area contributed by atoms with Gasteiger partial charge in [0.15, 0.2) is 11.8 Å². The first-order chi connectivity index (χ1) is 24.1. The highest BCUT2D eigenvalue weighted by Gasteiger charge is 2.39. The Labute approximate surface area is 294 Å². The Morgan fingerprint density at radius 1 is 0.840 bits per heavy atom. The van der Waals surface area contributed by atoms with Gasteiger partial charge in [0.2, 0.25) is 5.89 Å². The van der Waals surface area contributed by atoms with Crippen LogP contribution in [0.5, 0.6) is 0 Å². The molecule has 0 radical (unpaired) electrons. The summed E-state index contributed by atoms with van der Waals surface area (Å²) in [5.74, 6) is -1.03. The Balaban J connectivity index is 1.65. The minimum atomic E-state index is -1.45. The largest absolute Gasteiger partial charge is 0.458 e. The van der Waals surface area contributed by atoms with Crippen LogP contribution >= 0.6 is 0 Å². The Kier molecular flexibility index (Phi) is 14.2. The van der Waals surface area contributed by atoms with E-state index in [1.807, 2.05) is 92.7 Å². The molecule has 0 unspecified atom stereocenters. The zero-order chi connectivity index (χ0) is 36.0. The number of nitrogens with zero attached hydrogens (tertiary/aromatic N) is 1. The molecule has 0 fully saturated rings. The van der Waals surface area contributed by atoms with Crippen LogP contribution < -0.4 is 5.32 Å². The van der Waals surface area contributed by atoms with Gasteiger partial charge in [-0.15, -0.1) is 0 Å². The summed E-state index contributed by atoms with van der Waals surface area (Å²) in [5, 5.41) is 12.9. The number of ether oxygens (including phenoxy) is 3. The fraction of sp³-hybridized carbons (Fsp3) is 0.400. The van der Waals surface area contributed by atoms with Crippen molar-refractivity contribution in [3.63, 3.8) is 0 Å². The number of nitrogens with one attached hydrogen (secondary N) is 1. The van der Waals surface area contributed by atoms with Crippen LogP contribution in [-0.2, 0) is 30.4 Å². The van der Waals surface area contributed by atoms with Crippen molar-refractivity contribution in [1.29, 1.82) is 0 Å². The van der Waals surface area contributed by atoms with Crippen molar-refractivity contribution in [2.75, 3.05) is 0 Å². The number of aliphatic hydroxyl groups is 1. The summed E-state index contributed by atoms with van der Waals surface area (Å²) in [6, 6.07) is 26.9. The van der Waals surface area contributed by atoms with Gasteiger partial charge in [-0.1, -0.05) is 125 Å². The maximum atomic E-state index is 13.5. The van der Waals surface area contributed by atoms with E-state index in [1.54, 1.807) is 19.1 Å². The first-order valence-corrected chi connectivity index (χ1v) is 17.2. The number of rotatable bonds is 17. The summed E-state index contributed by atoms with van der Waals surface area (Å²) in [6.07, 6.45) is -1.97. The molecular formula is C40H48N2O8. The Bertz CT molecular complexity index is 1580. The van der Waals surface area contributed by atoms with Gasteiger partial charge in [0, 0.05) is 17.5 Å². The van der Waals surface area contributed by atoms with Crippen LogP contribution in [0.4, 0.5) is 4.79 Å². The third-order valence-electron chi connectivity index (χ3n) is 8.14. The summed E-state index contributed by atoms with van der Waals surface area (Å²) in [6.45, 7) is 8.84. The number of hydrogen-bond acceptors (Lipinski definition) is 9. The van der Waals surface area contributed by atoms with Crippen molar-refractivity contribution in [2.24, 2.45) is 5.92 Å². The number of carbonyl (C=O) groups excluding carboxylic acids is 3. The number of oxazole rings is 1. The molecule has 50 heavy (non-hydrogen) atoms. The second-order valence-electron chi connectivity index (χ2n) is 12.8. The first-order valence-electron chi connectivity index (χ1n) is 17.2. The van der Waals surface area contributed by atoms with Crippen molar-refractivity contribution < 1.29 is 38.1 Å². The molecule has 0 bridgehead atoms. The third-order valence-corrected chi connectivity index (χ3v) is 8.14. The number of benzene rings is 3. The van der Waals surface area contributed by atoms with Crippen molar-refractivity contribution in [1.82, 2.24) is 10.3 Å². The van der Waals surface area contributed by atoms with Gasteiger partial charge in [0.1, 0.15) is 24.5 Å². The van der Waals surface area contributed by atoms with E-state index in [-0.39, 0.29) is 18.9 Å². The molecule has 2 N–H and O–H groups in total. The van der Waals surface area contributed by atoms with Gasteiger partial charge in [-0.2, -0.15) is 0 Å². The number of aliphatic hydroxyl groups excluding tert-OH is 1. The van der Waals surface area contributed by atoms with E-state index >= 15 is 0 Å². The molecule has 0 saturated heterocycles. The molecule has 1 amide bonds. The summed E-state index contributed by atoms with van der Waals surface area (Å²) < 4.78 is 23.8. The first kappa shape index (κ1) is 37.9. The second-order valence-corrected chi connectivity index (χ2v) is 12.8. The van der Waals surface area contributed by atoms with E-state index in [4.69, 9.17) is 23.6 Å². The van der Waals surface area contributed by atoms with Crippen LogP contribution in [0.1, 0.15) is 77.7 Å². The highest BCUT2D eigenvalue weighted by molar-refractivity contribution is 5.82. The van der Waals surface area contributed by atoms with Crippen molar-refractivity contribution in [3.8, 4) is 22.6 Å². The molecule has 4 rings (SSSR count). The van der Waals surface area contributed by atoms with E-state index in [1.165, 1.54) is 6.92 Å². The van der Waals surface area contributed by atoms with Crippen LogP contribution in [0.2, 0.25) is 0 Å². The van der Waals surface area contributed by atoms with E-state index < -0.39 is 48.3 Å². The smallest absolute Gasteiger partial charge is 0.408 e. The van der Waals surface area contributed by atoms with Gasteiger partial charge in [-0.25, -0.2) is 14.6 Å². The molecular weight excluding hydrogens is 636 g/mol. The van der Waals surface area contributed by atoms with Gasteiger partial charge < -0.3 is 29.1 Å². The summed E-state index contributed by atoms with van der Waals surface area (Å²) in [5.41, 5.74) is 3.08. The van der Waals surface area contributed by atoms with Crippen molar-refractivity contribution >= 4 is 18.0 Å². The van der Waals surface area contributed by atoms with E-state index in [9.17, 15) is 19.5 Å². The third kappa shape index (κ3) is 10.8. The predicted molar refractivity (Wildman–Crippen MR) is 190 cm³/mol. The fourth-order valence-corrected chi connectivity index (χ4v) is 5.55. The van der Waals surface area contributed by atoms with E-state index in [2.05, 4.69) is 12.2 Å². The molecule has 4 aromatic rings. The number of amides is 1. The molecule has 0 aliphatic carbocycles. The molecule has 0 spiro atoms. The normalized spacial score (nSPS) is 14.2. The summed E-state index contributed by atoms with van der Waals surface area (Å²) in [4.78, 5) is 44.4. The highest BCUT2D eigenvalue weighted by atomic mass is 16.6. The molecule has 0 aliphatic heterocycles. The average Bonchev–Trinajstić information content (AvgIpc) is 3.55. The number of unbranched alkanes of at least 4 members (excludes halogenated alkanes) is 1. The predicted octanol–water partition coefficient (Wildman–Crippen LogP) is 7.85. The Morgan fingerprint density at radius 3 is 2.02 bits per heavy atom. The molecule has 5 atom stereocenters. The van der Waals surface area contributed by atoms with Crippen LogP contribution in [0.15, 0.2) is 95.4 Å². The Morgan fingerprint density at radius 2 is 1.44 bits per heavy atom. The summed E-state index contributed by atoms with van der Waals surface area (Å²) in [7, 11) is 0. The number of carbonyl (C=O) groups is 3. The van der Waals surface area contributed by atoms with Crippen molar-refractivity contribution in [3.05, 3.63) is 102 Å². The average molecular weight is 685 g/mol. The minimum Gasteiger partial charge on any atom is -0.458 e. The number of alkyl carbamates (subject to hydrolysis) is 1. The van der Waals surface area contributed by atoms with Gasteiger partial charge in [0.05, 0.1) is 12.0 Å². The minimum absolute atomic E-state index is 0.0241. The molecule has 10 heteroatoms. The van der Waals surface area contributed by atoms with Gasteiger partial charge in [-0.3, -0.25) is 4.79 Å². The standard InChI is InChI=1S/C40H48N2O8/c1-6-7-23-32(38-41-35(30-19-13-9-14-20-30)37(50-38)31-21-15-10-16-22-31)36(49-33(44)24-26(2)3)28(5)48-39(45)34(27(4)43)42-40(46)47-25-29-17-11-8-12-18-29/h8-22,26-28,32,34,36,43H,6-7,23-25H2,1-5H3,(H,42,46)/t27-,28+,32-,34+,36+/m1/s1. The zero-order valence-electron chi connectivity index (χ0n) is 29.4. The van der Waals surface area contributed by atoms with Crippen LogP contribution in [-0.4, -0.2) is 52.5 Å². The topological polar surface area (TPSA) is 137 Å². The molecule has 1 aromatic heterocycles. The fourth-order valence-electron chi connectivity index (χ4n) is 5.55. The lowest BCUT2D eigenvalue weighted by molar-refractivity contribution is -0.172. The maximum absolute atomic E-state index is 13.5. The SMILES string of the molecule is CCCC[C@@H](c1nc(-c2ccccc2)c(-c2ccccc2)o1)[C@@H](OC(=O)CC(C)C)[C@H](C)OC(=O)[C@@H](NC(=O)OCc1ccccc1)[C@@H](C)O. The van der Waals surface area contributed by atoms with Gasteiger partial charge >= 0.3 is 18.0 Å². The molecule has 0 aliphatic rings. The number of aromatic nitrogens is 1. The molecule has 0 saturated carbocycles. The quantitative estimate of drug-likeness (QED) is 0.0841. The number of esters is 2. The lowest BCUT2D eigenvalue weighted by Gasteiger charge is -2.31. The monoisotopic (exact) mass is 684 g/mol. The molecule has 1 heterocycles. The Hall–Kier alpha value is -4.96.